The van der Waals surface area contributed by atoms with Crippen LogP contribution in [0.15, 0.2) is 54.6 Å². The van der Waals surface area contributed by atoms with Gasteiger partial charge in [0.1, 0.15) is 0 Å². The van der Waals surface area contributed by atoms with Crippen molar-refractivity contribution >= 4 is 11.8 Å². The molecule has 0 radical (unpaired) electrons. The van der Waals surface area contributed by atoms with E-state index < -0.39 is 0 Å². The van der Waals surface area contributed by atoms with Crippen molar-refractivity contribution in [3.8, 4) is 0 Å². The van der Waals surface area contributed by atoms with Gasteiger partial charge in [-0.1, -0.05) is 44.2 Å². The Balaban J connectivity index is 1.74. The molecule has 2 rings (SSSR count). The molecule has 0 saturated carbocycles. The largest absolute Gasteiger partial charge is 0.352 e. The van der Waals surface area contributed by atoms with Gasteiger partial charge in [0.2, 0.25) is 0 Å². The number of carbonyl (C=O) groups is 2. The van der Waals surface area contributed by atoms with Crippen molar-refractivity contribution in [1.82, 2.24) is 10.6 Å². The monoisotopic (exact) mass is 352 g/mol. The summed E-state index contributed by atoms with van der Waals surface area (Å²) in [6.45, 7) is 5.55. The number of carbonyl (C=O) groups excluding carboxylic acids is 2. The molecule has 0 unspecified atom stereocenters. The van der Waals surface area contributed by atoms with E-state index in [1.54, 1.807) is 24.3 Å². The number of hydrogen-bond donors (Lipinski definition) is 2. The van der Waals surface area contributed by atoms with Gasteiger partial charge in [-0.15, -0.1) is 0 Å². The van der Waals surface area contributed by atoms with Crippen LogP contribution < -0.4 is 10.6 Å². The van der Waals surface area contributed by atoms with Gasteiger partial charge in [0.25, 0.3) is 11.8 Å². The summed E-state index contributed by atoms with van der Waals surface area (Å²) in [7, 11) is 0. The second-order valence-electron chi connectivity index (χ2n) is 6.86. The first-order valence-electron chi connectivity index (χ1n) is 9.26. The summed E-state index contributed by atoms with van der Waals surface area (Å²) in [6.07, 6.45) is 2.79. The van der Waals surface area contributed by atoms with E-state index in [1.165, 1.54) is 5.56 Å². The van der Waals surface area contributed by atoms with Crippen LogP contribution in [0.25, 0.3) is 0 Å². The van der Waals surface area contributed by atoms with Gasteiger partial charge in [-0.2, -0.15) is 0 Å². The molecule has 0 spiro atoms. The topological polar surface area (TPSA) is 58.2 Å². The molecule has 0 heterocycles. The standard InChI is InChI=1S/C22H28N2O2/c1-17(2)14-16-24-22(26)20-12-10-19(11-13-20)21(25)23-15-6-9-18-7-4-3-5-8-18/h3-5,7-8,10-13,17H,6,9,14-16H2,1-2H3,(H,23,25)(H,24,26). The van der Waals surface area contributed by atoms with E-state index in [-0.39, 0.29) is 11.8 Å². The second kappa shape index (κ2) is 10.4. The fraction of sp³-hybridized carbons (Fsp3) is 0.364. The molecule has 2 aromatic rings. The number of benzene rings is 2. The van der Waals surface area contributed by atoms with Crippen molar-refractivity contribution in [1.29, 1.82) is 0 Å². The first kappa shape index (κ1) is 19.7. The minimum atomic E-state index is -0.107. The Kier molecular flexibility index (Phi) is 7.87. The minimum Gasteiger partial charge on any atom is -0.352 e. The summed E-state index contributed by atoms with van der Waals surface area (Å²) in [5, 5.41) is 5.82. The lowest BCUT2D eigenvalue weighted by Crippen LogP contribution is -2.26. The zero-order valence-electron chi connectivity index (χ0n) is 15.6. The van der Waals surface area contributed by atoms with Crippen LogP contribution in [0.2, 0.25) is 0 Å². The average molecular weight is 352 g/mol. The van der Waals surface area contributed by atoms with Gasteiger partial charge in [0, 0.05) is 24.2 Å². The van der Waals surface area contributed by atoms with Gasteiger partial charge in [-0.25, -0.2) is 0 Å². The predicted octanol–water partition coefficient (Wildman–Crippen LogP) is 3.83. The third-order valence-electron chi connectivity index (χ3n) is 4.19. The Morgan fingerprint density at radius 2 is 1.35 bits per heavy atom. The Morgan fingerprint density at radius 1 is 0.808 bits per heavy atom. The maximum absolute atomic E-state index is 12.2. The van der Waals surface area contributed by atoms with E-state index in [0.29, 0.717) is 30.1 Å². The minimum absolute atomic E-state index is 0.0968. The SMILES string of the molecule is CC(C)CCNC(=O)c1ccc(C(=O)NCCCc2ccccc2)cc1. The van der Waals surface area contributed by atoms with Crippen LogP contribution in [0.4, 0.5) is 0 Å². The summed E-state index contributed by atoms with van der Waals surface area (Å²) in [5.74, 6) is 0.355. The fourth-order valence-electron chi connectivity index (χ4n) is 2.59. The second-order valence-corrected chi connectivity index (χ2v) is 6.86. The number of hydrogen-bond acceptors (Lipinski definition) is 2. The molecule has 2 aromatic carbocycles. The van der Waals surface area contributed by atoms with Crippen LogP contribution in [0.1, 0.15) is 53.0 Å². The van der Waals surface area contributed by atoms with Crippen LogP contribution >= 0.6 is 0 Å². The molecule has 0 aromatic heterocycles. The van der Waals surface area contributed by atoms with Gasteiger partial charge >= 0.3 is 0 Å². The molecular weight excluding hydrogens is 324 g/mol. The van der Waals surface area contributed by atoms with Crippen molar-refractivity contribution in [2.45, 2.75) is 33.1 Å². The van der Waals surface area contributed by atoms with Crippen molar-refractivity contribution in [3.05, 3.63) is 71.3 Å². The van der Waals surface area contributed by atoms with Gasteiger partial charge in [-0.3, -0.25) is 9.59 Å². The molecule has 2 N–H and O–H groups in total. The third-order valence-corrected chi connectivity index (χ3v) is 4.19. The molecule has 0 aliphatic rings. The van der Waals surface area contributed by atoms with E-state index >= 15 is 0 Å². The highest BCUT2D eigenvalue weighted by Crippen LogP contribution is 2.06. The zero-order valence-corrected chi connectivity index (χ0v) is 15.6. The summed E-state index contributed by atoms with van der Waals surface area (Å²) < 4.78 is 0. The fourth-order valence-corrected chi connectivity index (χ4v) is 2.59. The number of aryl methyl sites for hydroxylation is 1. The zero-order chi connectivity index (χ0) is 18.8. The van der Waals surface area contributed by atoms with Crippen LogP contribution in [0.5, 0.6) is 0 Å². The summed E-state index contributed by atoms with van der Waals surface area (Å²) in [6, 6.07) is 17.0. The van der Waals surface area contributed by atoms with E-state index in [0.717, 1.165) is 19.3 Å². The van der Waals surface area contributed by atoms with Gasteiger partial charge in [0.15, 0.2) is 0 Å². The molecule has 0 atom stereocenters. The summed E-state index contributed by atoms with van der Waals surface area (Å²) >= 11 is 0. The van der Waals surface area contributed by atoms with Gasteiger partial charge in [-0.05, 0) is 55.0 Å². The lowest BCUT2D eigenvalue weighted by molar-refractivity contribution is 0.0940. The Bertz CT molecular complexity index is 694. The van der Waals surface area contributed by atoms with Gasteiger partial charge in [0.05, 0.1) is 0 Å². The van der Waals surface area contributed by atoms with Crippen molar-refractivity contribution in [2.75, 3.05) is 13.1 Å². The summed E-state index contributed by atoms with van der Waals surface area (Å²) in [5.41, 5.74) is 2.42. The van der Waals surface area contributed by atoms with Crippen LogP contribution in [-0.4, -0.2) is 24.9 Å². The van der Waals surface area contributed by atoms with Crippen LogP contribution in [0.3, 0.4) is 0 Å². The maximum Gasteiger partial charge on any atom is 0.251 e. The molecule has 26 heavy (non-hydrogen) atoms. The van der Waals surface area contributed by atoms with E-state index in [9.17, 15) is 9.59 Å². The van der Waals surface area contributed by atoms with Crippen LogP contribution in [0, 0.1) is 5.92 Å². The first-order valence-corrected chi connectivity index (χ1v) is 9.26. The van der Waals surface area contributed by atoms with Crippen molar-refractivity contribution < 1.29 is 9.59 Å². The van der Waals surface area contributed by atoms with E-state index in [4.69, 9.17) is 0 Å². The smallest absolute Gasteiger partial charge is 0.251 e. The molecule has 0 bridgehead atoms. The number of amides is 2. The maximum atomic E-state index is 12.2. The van der Waals surface area contributed by atoms with Crippen LogP contribution in [-0.2, 0) is 6.42 Å². The molecule has 4 heteroatoms. The molecule has 0 aliphatic carbocycles. The highest BCUT2D eigenvalue weighted by Gasteiger charge is 2.08. The molecule has 0 aliphatic heterocycles. The molecule has 2 amide bonds. The number of nitrogens with one attached hydrogen (secondary N) is 2. The lowest BCUT2D eigenvalue weighted by atomic mass is 10.1. The van der Waals surface area contributed by atoms with Crippen molar-refractivity contribution in [3.63, 3.8) is 0 Å². The van der Waals surface area contributed by atoms with Crippen molar-refractivity contribution in [2.24, 2.45) is 5.92 Å². The summed E-state index contributed by atoms with van der Waals surface area (Å²) in [4.78, 5) is 24.2. The lowest BCUT2D eigenvalue weighted by Gasteiger charge is -2.08. The molecule has 4 nitrogen and oxygen atoms in total. The van der Waals surface area contributed by atoms with Gasteiger partial charge < -0.3 is 10.6 Å². The third kappa shape index (κ3) is 6.71. The highest BCUT2D eigenvalue weighted by atomic mass is 16.2. The molecule has 0 saturated heterocycles. The molecular formula is C22H28N2O2. The Morgan fingerprint density at radius 3 is 1.88 bits per heavy atom. The quantitative estimate of drug-likeness (QED) is 0.674. The normalized spacial score (nSPS) is 10.6. The van der Waals surface area contributed by atoms with E-state index in [2.05, 4.69) is 36.6 Å². The van der Waals surface area contributed by atoms with E-state index in [1.807, 2.05) is 18.2 Å². The number of rotatable bonds is 9. The Hall–Kier alpha value is -2.62. The average Bonchev–Trinajstić information content (AvgIpc) is 2.65. The highest BCUT2D eigenvalue weighted by molar-refractivity contribution is 5.97. The molecule has 0 fully saturated rings. The Labute approximate surface area is 156 Å². The molecule has 138 valence electrons. The first-order chi connectivity index (χ1) is 12.6. The predicted molar refractivity (Wildman–Crippen MR) is 105 cm³/mol.